The van der Waals surface area contributed by atoms with Crippen LogP contribution < -0.4 is 5.32 Å². The van der Waals surface area contributed by atoms with Crippen LogP contribution in [0.25, 0.3) is 0 Å². The maximum absolute atomic E-state index is 9.54. The van der Waals surface area contributed by atoms with E-state index in [2.05, 4.69) is 37.9 Å². The molecule has 2 N–H and O–H groups in total. The summed E-state index contributed by atoms with van der Waals surface area (Å²) in [5.74, 6) is 0.874. The van der Waals surface area contributed by atoms with E-state index in [0.717, 1.165) is 12.3 Å². The van der Waals surface area contributed by atoms with E-state index in [0.29, 0.717) is 6.04 Å². The monoisotopic (exact) mass is 270 g/mol. The van der Waals surface area contributed by atoms with Crippen molar-refractivity contribution in [1.82, 2.24) is 10.2 Å². The third-order valence-corrected chi connectivity index (χ3v) is 4.18. The molecule has 1 fully saturated rings. The molecule has 1 aliphatic rings. The van der Waals surface area contributed by atoms with E-state index in [9.17, 15) is 5.11 Å². The summed E-state index contributed by atoms with van der Waals surface area (Å²) in [6.07, 6.45) is 6.27. The molecule has 1 saturated heterocycles. The van der Waals surface area contributed by atoms with Gasteiger partial charge in [-0.3, -0.25) is 0 Å². The van der Waals surface area contributed by atoms with E-state index < -0.39 is 0 Å². The van der Waals surface area contributed by atoms with Crippen molar-refractivity contribution < 1.29 is 5.11 Å². The normalized spacial score (nSPS) is 24.6. The Kier molecular flexibility index (Phi) is 7.33. The second-order valence-electron chi connectivity index (χ2n) is 7.02. The van der Waals surface area contributed by atoms with E-state index in [1.54, 1.807) is 0 Å². The van der Waals surface area contributed by atoms with Crippen LogP contribution >= 0.6 is 0 Å². The fourth-order valence-corrected chi connectivity index (χ4v) is 3.23. The molecule has 0 bridgehead atoms. The third kappa shape index (κ3) is 6.73. The standard InChI is InChI=1S/C16H34N2O/c1-14(2)17-16(4,13-19)9-5-6-10-18-11-7-8-15(3)12-18/h14-15,17,19H,5-13H2,1-4H3. The summed E-state index contributed by atoms with van der Waals surface area (Å²) in [5.41, 5.74) is -0.108. The first-order valence-electron chi connectivity index (χ1n) is 8.06. The number of nitrogens with zero attached hydrogens (tertiary/aromatic N) is 1. The average Bonchev–Trinajstić information content (AvgIpc) is 2.34. The van der Waals surface area contributed by atoms with E-state index in [-0.39, 0.29) is 12.1 Å². The van der Waals surface area contributed by atoms with Gasteiger partial charge in [0, 0.05) is 18.1 Å². The van der Waals surface area contributed by atoms with Crippen molar-refractivity contribution in [2.24, 2.45) is 5.92 Å². The number of likely N-dealkylation sites (tertiary alicyclic amines) is 1. The molecule has 1 aliphatic heterocycles. The molecule has 0 radical (unpaired) electrons. The molecule has 19 heavy (non-hydrogen) atoms. The zero-order chi connectivity index (χ0) is 14.3. The second kappa shape index (κ2) is 8.23. The molecular formula is C16H34N2O. The SMILES string of the molecule is CC1CCCN(CCCCC(C)(CO)NC(C)C)C1. The molecule has 0 aromatic heterocycles. The number of hydrogen-bond donors (Lipinski definition) is 2. The van der Waals surface area contributed by atoms with Crippen LogP contribution in [0.4, 0.5) is 0 Å². The van der Waals surface area contributed by atoms with Crippen molar-refractivity contribution in [1.29, 1.82) is 0 Å². The van der Waals surface area contributed by atoms with Crippen LogP contribution in [0.3, 0.4) is 0 Å². The van der Waals surface area contributed by atoms with Crippen LogP contribution in [-0.2, 0) is 0 Å². The molecule has 0 saturated carbocycles. The zero-order valence-corrected chi connectivity index (χ0v) is 13.4. The minimum Gasteiger partial charge on any atom is -0.394 e. The number of piperidine rings is 1. The van der Waals surface area contributed by atoms with Crippen molar-refractivity contribution in [3.63, 3.8) is 0 Å². The number of rotatable bonds is 8. The van der Waals surface area contributed by atoms with E-state index in [1.807, 2.05) is 0 Å². The van der Waals surface area contributed by atoms with Gasteiger partial charge in [-0.1, -0.05) is 27.2 Å². The number of aliphatic hydroxyl groups is 1. The summed E-state index contributed by atoms with van der Waals surface area (Å²) in [4.78, 5) is 2.61. The van der Waals surface area contributed by atoms with E-state index in [1.165, 1.54) is 45.3 Å². The van der Waals surface area contributed by atoms with Crippen LogP contribution in [0, 0.1) is 5.92 Å². The molecule has 114 valence electrons. The van der Waals surface area contributed by atoms with Crippen LogP contribution in [0.1, 0.15) is 59.8 Å². The average molecular weight is 270 g/mol. The molecule has 3 heteroatoms. The van der Waals surface area contributed by atoms with Crippen molar-refractivity contribution in [3.8, 4) is 0 Å². The maximum atomic E-state index is 9.54. The second-order valence-corrected chi connectivity index (χ2v) is 7.02. The summed E-state index contributed by atoms with van der Waals surface area (Å²) in [6, 6.07) is 0.431. The topological polar surface area (TPSA) is 35.5 Å². The molecule has 0 aromatic rings. The number of aliphatic hydroxyl groups excluding tert-OH is 1. The highest BCUT2D eigenvalue weighted by Gasteiger charge is 2.23. The zero-order valence-electron chi connectivity index (χ0n) is 13.4. The first kappa shape index (κ1) is 16.9. The molecule has 1 rings (SSSR count). The van der Waals surface area contributed by atoms with Crippen molar-refractivity contribution in [3.05, 3.63) is 0 Å². The summed E-state index contributed by atoms with van der Waals surface area (Å²) in [5, 5.41) is 13.0. The first-order valence-corrected chi connectivity index (χ1v) is 8.06. The van der Waals surface area contributed by atoms with Gasteiger partial charge in [0.05, 0.1) is 6.61 Å². The Hall–Kier alpha value is -0.120. The maximum Gasteiger partial charge on any atom is 0.0610 e. The van der Waals surface area contributed by atoms with Gasteiger partial charge in [-0.05, 0) is 51.6 Å². The number of nitrogens with one attached hydrogen (secondary N) is 1. The van der Waals surface area contributed by atoms with Gasteiger partial charge in [0.2, 0.25) is 0 Å². The van der Waals surface area contributed by atoms with Gasteiger partial charge in [0.25, 0.3) is 0 Å². The van der Waals surface area contributed by atoms with Gasteiger partial charge < -0.3 is 15.3 Å². The lowest BCUT2D eigenvalue weighted by Gasteiger charge is -2.33. The predicted octanol–water partition coefficient (Wildman–Crippen LogP) is 2.64. The van der Waals surface area contributed by atoms with Gasteiger partial charge in [-0.15, -0.1) is 0 Å². The first-order chi connectivity index (χ1) is 8.95. The van der Waals surface area contributed by atoms with E-state index in [4.69, 9.17) is 0 Å². The highest BCUT2D eigenvalue weighted by atomic mass is 16.3. The largest absolute Gasteiger partial charge is 0.394 e. The Balaban J connectivity index is 2.18. The van der Waals surface area contributed by atoms with Gasteiger partial charge in [-0.2, -0.15) is 0 Å². The fraction of sp³-hybridized carbons (Fsp3) is 1.00. The summed E-state index contributed by atoms with van der Waals surface area (Å²) in [7, 11) is 0. The van der Waals surface area contributed by atoms with E-state index >= 15 is 0 Å². The lowest BCUT2D eigenvalue weighted by Crippen LogP contribution is -2.49. The quantitative estimate of drug-likeness (QED) is 0.666. The lowest BCUT2D eigenvalue weighted by atomic mass is 9.94. The van der Waals surface area contributed by atoms with Crippen LogP contribution in [0.5, 0.6) is 0 Å². The van der Waals surface area contributed by atoms with Crippen LogP contribution in [0.15, 0.2) is 0 Å². The Bertz CT molecular complexity index is 245. The van der Waals surface area contributed by atoms with Crippen LogP contribution in [0.2, 0.25) is 0 Å². The molecule has 0 spiro atoms. The highest BCUT2D eigenvalue weighted by Crippen LogP contribution is 2.18. The molecule has 2 atom stereocenters. The summed E-state index contributed by atoms with van der Waals surface area (Å²) >= 11 is 0. The molecule has 0 amide bonds. The lowest BCUT2D eigenvalue weighted by molar-refractivity contribution is 0.147. The van der Waals surface area contributed by atoms with Crippen molar-refractivity contribution >= 4 is 0 Å². The predicted molar refractivity (Wildman–Crippen MR) is 82.5 cm³/mol. The molecule has 0 aromatic carbocycles. The Morgan fingerprint density at radius 1 is 1.37 bits per heavy atom. The Morgan fingerprint density at radius 3 is 2.68 bits per heavy atom. The molecule has 0 aliphatic carbocycles. The summed E-state index contributed by atoms with van der Waals surface area (Å²) in [6.45, 7) is 12.8. The van der Waals surface area contributed by atoms with Gasteiger partial charge in [0.15, 0.2) is 0 Å². The van der Waals surface area contributed by atoms with Gasteiger partial charge in [-0.25, -0.2) is 0 Å². The van der Waals surface area contributed by atoms with Gasteiger partial charge >= 0.3 is 0 Å². The fourth-order valence-electron chi connectivity index (χ4n) is 3.23. The van der Waals surface area contributed by atoms with Crippen molar-refractivity contribution in [2.45, 2.75) is 71.4 Å². The smallest absolute Gasteiger partial charge is 0.0610 e. The third-order valence-electron chi connectivity index (χ3n) is 4.18. The highest BCUT2D eigenvalue weighted by molar-refractivity contribution is 4.84. The van der Waals surface area contributed by atoms with Crippen molar-refractivity contribution in [2.75, 3.05) is 26.2 Å². The van der Waals surface area contributed by atoms with Gasteiger partial charge in [0.1, 0.15) is 0 Å². The van der Waals surface area contributed by atoms with Crippen LogP contribution in [-0.4, -0.2) is 47.8 Å². The number of hydrogen-bond acceptors (Lipinski definition) is 3. The molecule has 3 nitrogen and oxygen atoms in total. The number of unbranched alkanes of at least 4 members (excludes halogenated alkanes) is 1. The molecular weight excluding hydrogens is 236 g/mol. The minimum absolute atomic E-state index is 0.108. The Labute approximate surface area is 119 Å². The Morgan fingerprint density at radius 2 is 2.11 bits per heavy atom. The molecule has 1 heterocycles. The summed E-state index contributed by atoms with van der Waals surface area (Å²) < 4.78 is 0. The minimum atomic E-state index is -0.108. The molecule has 2 unspecified atom stereocenters.